The van der Waals surface area contributed by atoms with Crippen LogP contribution in [-0.4, -0.2) is 22.1 Å². The molecule has 0 aromatic carbocycles. The smallest absolute Gasteiger partial charge is 0.328 e. The molecule has 0 amide bonds. The molecule has 22 heavy (non-hydrogen) atoms. The van der Waals surface area contributed by atoms with E-state index in [0.717, 1.165) is 34.5 Å². The molecule has 0 bridgehead atoms. The van der Waals surface area contributed by atoms with Crippen molar-refractivity contribution in [2.24, 2.45) is 0 Å². The van der Waals surface area contributed by atoms with Gasteiger partial charge >= 0.3 is 5.97 Å². The molecule has 0 aliphatic rings. The number of carbonyl (C=O) groups is 1. The van der Waals surface area contributed by atoms with Crippen molar-refractivity contribution in [2.45, 2.75) is 53.0 Å². The van der Waals surface area contributed by atoms with Crippen molar-refractivity contribution in [2.75, 3.05) is 6.61 Å². The Morgan fingerprint density at radius 3 is 2.82 bits per heavy atom. The number of ether oxygens (including phenoxy) is 1. The van der Waals surface area contributed by atoms with Crippen LogP contribution in [0.4, 0.5) is 0 Å². The highest BCUT2D eigenvalue weighted by molar-refractivity contribution is 7.18. The molecule has 0 spiro atoms. The average Bonchev–Trinajstić information content (AvgIpc) is 2.79. The number of aromatic nitrogens is 2. The van der Waals surface area contributed by atoms with Crippen molar-refractivity contribution in [3.8, 4) is 0 Å². The van der Waals surface area contributed by atoms with Crippen LogP contribution in [0.25, 0.3) is 10.2 Å². The van der Waals surface area contributed by atoms with E-state index in [-0.39, 0.29) is 11.5 Å². The number of hydrogen-bond acceptors (Lipinski definition) is 5. The Kier molecular flexibility index (Phi) is 5.34. The third-order valence-corrected chi connectivity index (χ3v) is 4.98. The zero-order chi connectivity index (χ0) is 16.3. The molecule has 5 nitrogen and oxygen atoms in total. The van der Waals surface area contributed by atoms with Gasteiger partial charge in [0.05, 0.1) is 18.3 Å². The lowest BCUT2D eigenvalue weighted by Crippen LogP contribution is -2.29. The number of hydrogen-bond donors (Lipinski definition) is 0. The lowest BCUT2D eigenvalue weighted by Gasteiger charge is -2.14. The van der Waals surface area contributed by atoms with Crippen molar-refractivity contribution in [1.82, 2.24) is 9.55 Å². The fourth-order valence-electron chi connectivity index (χ4n) is 2.28. The summed E-state index contributed by atoms with van der Waals surface area (Å²) < 4.78 is 6.60. The van der Waals surface area contributed by atoms with Gasteiger partial charge in [0, 0.05) is 4.88 Å². The highest BCUT2D eigenvalue weighted by atomic mass is 32.1. The SMILES string of the molecule is CCCCCOC(=O)C(C)n1cnc2sc(C)c(C)c2c1=O. The van der Waals surface area contributed by atoms with Gasteiger partial charge in [-0.05, 0) is 32.8 Å². The summed E-state index contributed by atoms with van der Waals surface area (Å²) >= 11 is 1.50. The first-order valence-corrected chi connectivity index (χ1v) is 8.42. The van der Waals surface area contributed by atoms with Gasteiger partial charge in [0.1, 0.15) is 10.9 Å². The maximum absolute atomic E-state index is 12.6. The minimum Gasteiger partial charge on any atom is -0.464 e. The molecule has 6 heteroatoms. The average molecular weight is 322 g/mol. The van der Waals surface area contributed by atoms with Gasteiger partial charge in [-0.2, -0.15) is 0 Å². The quantitative estimate of drug-likeness (QED) is 0.604. The standard InChI is InChI=1S/C16H22N2O3S/c1-5-6-7-8-21-16(20)11(3)18-9-17-14-13(15(18)19)10(2)12(4)22-14/h9,11H,5-8H2,1-4H3. The van der Waals surface area contributed by atoms with Crippen LogP contribution < -0.4 is 5.56 Å². The Morgan fingerprint density at radius 2 is 2.14 bits per heavy atom. The maximum Gasteiger partial charge on any atom is 0.328 e. The molecule has 0 N–H and O–H groups in total. The Balaban J connectivity index is 2.23. The van der Waals surface area contributed by atoms with Crippen molar-refractivity contribution < 1.29 is 9.53 Å². The van der Waals surface area contributed by atoms with Crippen molar-refractivity contribution in [1.29, 1.82) is 0 Å². The van der Waals surface area contributed by atoms with E-state index >= 15 is 0 Å². The second-order valence-corrected chi connectivity index (χ2v) is 6.67. The van der Waals surface area contributed by atoms with Gasteiger partial charge < -0.3 is 4.74 Å². The predicted molar refractivity (Wildman–Crippen MR) is 88.5 cm³/mol. The molecule has 0 aliphatic carbocycles. The van der Waals surface area contributed by atoms with E-state index in [2.05, 4.69) is 11.9 Å². The molecular weight excluding hydrogens is 300 g/mol. The van der Waals surface area contributed by atoms with Crippen LogP contribution in [0.15, 0.2) is 11.1 Å². The first kappa shape index (κ1) is 16.7. The van der Waals surface area contributed by atoms with Gasteiger partial charge in [-0.1, -0.05) is 19.8 Å². The van der Waals surface area contributed by atoms with Crippen LogP contribution >= 0.6 is 11.3 Å². The Hall–Kier alpha value is -1.69. The van der Waals surface area contributed by atoms with Crippen molar-refractivity contribution in [3.05, 3.63) is 27.1 Å². The molecule has 2 rings (SSSR count). The van der Waals surface area contributed by atoms with E-state index in [1.807, 2.05) is 13.8 Å². The van der Waals surface area contributed by atoms with Crippen LogP contribution in [0.3, 0.4) is 0 Å². The van der Waals surface area contributed by atoms with E-state index < -0.39 is 6.04 Å². The number of unbranched alkanes of at least 4 members (excludes halogenated alkanes) is 2. The minimum atomic E-state index is -0.661. The highest BCUT2D eigenvalue weighted by Gasteiger charge is 2.20. The molecule has 2 aromatic rings. The molecule has 1 atom stereocenters. The van der Waals surface area contributed by atoms with Gasteiger partial charge in [0.25, 0.3) is 5.56 Å². The van der Waals surface area contributed by atoms with Crippen LogP contribution in [0.5, 0.6) is 0 Å². The molecule has 0 radical (unpaired) electrons. The lowest BCUT2D eigenvalue weighted by molar-refractivity contribution is -0.147. The number of carbonyl (C=O) groups excluding carboxylic acids is 1. The summed E-state index contributed by atoms with van der Waals surface area (Å²) in [5.74, 6) is -0.385. The zero-order valence-electron chi connectivity index (χ0n) is 13.5. The number of esters is 1. The number of rotatable bonds is 6. The third kappa shape index (κ3) is 3.21. The first-order chi connectivity index (χ1) is 10.5. The van der Waals surface area contributed by atoms with Gasteiger partial charge in [0.2, 0.25) is 0 Å². The zero-order valence-corrected chi connectivity index (χ0v) is 14.3. The fraction of sp³-hybridized carbons (Fsp3) is 0.562. The normalized spacial score (nSPS) is 12.5. The Labute approximate surface area is 133 Å². The minimum absolute atomic E-state index is 0.176. The van der Waals surface area contributed by atoms with Crippen LogP contribution in [0, 0.1) is 13.8 Å². The van der Waals surface area contributed by atoms with E-state index in [1.54, 1.807) is 6.92 Å². The summed E-state index contributed by atoms with van der Waals surface area (Å²) in [5.41, 5.74) is 0.764. The van der Waals surface area contributed by atoms with Crippen molar-refractivity contribution in [3.63, 3.8) is 0 Å². The third-order valence-electron chi connectivity index (χ3n) is 3.87. The number of fused-ring (bicyclic) bond motifs is 1. The van der Waals surface area contributed by atoms with Crippen LogP contribution in [0.2, 0.25) is 0 Å². The van der Waals surface area contributed by atoms with E-state index in [4.69, 9.17) is 4.74 Å². The molecule has 2 aromatic heterocycles. The Bertz CT molecular complexity index is 733. The molecule has 0 saturated carbocycles. The second kappa shape index (κ2) is 7.05. The summed E-state index contributed by atoms with van der Waals surface area (Å²) in [6.45, 7) is 8.05. The lowest BCUT2D eigenvalue weighted by atomic mass is 10.2. The topological polar surface area (TPSA) is 61.2 Å². The summed E-state index contributed by atoms with van der Waals surface area (Å²) in [6, 6.07) is -0.661. The highest BCUT2D eigenvalue weighted by Crippen LogP contribution is 2.25. The number of aryl methyl sites for hydroxylation is 2. The van der Waals surface area contributed by atoms with E-state index in [9.17, 15) is 9.59 Å². The van der Waals surface area contributed by atoms with E-state index in [1.165, 1.54) is 22.2 Å². The van der Waals surface area contributed by atoms with Gasteiger partial charge in [-0.3, -0.25) is 9.36 Å². The second-order valence-electron chi connectivity index (χ2n) is 5.47. The molecule has 120 valence electrons. The largest absolute Gasteiger partial charge is 0.464 e. The number of nitrogens with zero attached hydrogens (tertiary/aromatic N) is 2. The number of thiophene rings is 1. The summed E-state index contributed by atoms with van der Waals surface area (Å²) in [4.78, 5) is 30.8. The summed E-state index contributed by atoms with van der Waals surface area (Å²) in [5, 5.41) is 0.607. The van der Waals surface area contributed by atoms with Crippen LogP contribution in [0.1, 0.15) is 49.6 Å². The molecule has 1 unspecified atom stereocenters. The van der Waals surface area contributed by atoms with Gasteiger partial charge in [-0.25, -0.2) is 9.78 Å². The van der Waals surface area contributed by atoms with Gasteiger partial charge in [-0.15, -0.1) is 11.3 Å². The Morgan fingerprint density at radius 1 is 1.41 bits per heavy atom. The van der Waals surface area contributed by atoms with Gasteiger partial charge in [0.15, 0.2) is 0 Å². The first-order valence-electron chi connectivity index (χ1n) is 7.60. The molecule has 0 aliphatic heterocycles. The van der Waals surface area contributed by atoms with Crippen molar-refractivity contribution >= 4 is 27.5 Å². The summed E-state index contributed by atoms with van der Waals surface area (Å²) in [6.07, 6.45) is 4.40. The summed E-state index contributed by atoms with van der Waals surface area (Å²) in [7, 11) is 0. The predicted octanol–water partition coefficient (Wildman–Crippen LogP) is 3.37. The molecule has 2 heterocycles. The molecule has 0 saturated heterocycles. The van der Waals surface area contributed by atoms with E-state index in [0.29, 0.717) is 12.0 Å². The fourth-order valence-corrected chi connectivity index (χ4v) is 3.27. The molecular formula is C16H22N2O3S. The molecule has 0 fully saturated rings. The van der Waals surface area contributed by atoms with Crippen LogP contribution in [-0.2, 0) is 9.53 Å². The monoisotopic (exact) mass is 322 g/mol. The maximum atomic E-state index is 12.6.